The van der Waals surface area contributed by atoms with Gasteiger partial charge in [-0.05, 0) is 32.1 Å². The second-order valence-corrected chi connectivity index (χ2v) is 8.90. The number of carbonyl (C=O) groups excluding carboxylic acids is 5. The van der Waals surface area contributed by atoms with E-state index in [4.69, 9.17) is 28.4 Å². The van der Waals surface area contributed by atoms with Gasteiger partial charge in [0.25, 0.3) is 5.79 Å². The Bertz CT molecular complexity index is 766. The molecule has 0 aliphatic carbocycles. The summed E-state index contributed by atoms with van der Waals surface area (Å²) in [6.45, 7) is 7.96. The molecule has 1 unspecified atom stereocenters. The van der Waals surface area contributed by atoms with Crippen LogP contribution in [0.2, 0.25) is 0 Å². The summed E-state index contributed by atoms with van der Waals surface area (Å²) in [5.74, 6) is -5.24. The van der Waals surface area contributed by atoms with E-state index in [1.54, 1.807) is 34.6 Å². The van der Waals surface area contributed by atoms with Crippen LogP contribution in [-0.4, -0.2) is 67.2 Å². The Hall–Kier alpha value is -2.69. The van der Waals surface area contributed by atoms with Gasteiger partial charge in [-0.25, -0.2) is 0 Å². The lowest BCUT2D eigenvalue weighted by Crippen LogP contribution is -2.67. The Morgan fingerprint density at radius 2 is 1.11 bits per heavy atom. The first kappa shape index (κ1) is 32.3. The van der Waals surface area contributed by atoms with Gasteiger partial charge in [-0.2, -0.15) is 0 Å². The molecule has 0 N–H and O–H groups in total. The number of esters is 5. The standard InChI is InChI=1S/C26H42O11/c1-6-11-19(27)32-17-26(37-23(31)15-10-5)25(36-22(30)14-9-4)24(35-21(29)13-8-3)18(16-33-26)34-20(28)12-7-2/h18,24-25H,6-17H2,1-5H3/t18-,24+,25+,26?/m1/s1. The highest BCUT2D eigenvalue weighted by Gasteiger charge is 2.60. The van der Waals surface area contributed by atoms with Gasteiger partial charge in [0, 0.05) is 32.1 Å². The average Bonchev–Trinajstić information content (AvgIpc) is 2.82. The Morgan fingerprint density at radius 3 is 1.65 bits per heavy atom. The van der Waals surface area contributed by atoms with Crippen molar-refractivity contribution in [3.8, 4) is 0 Å². The largest absolute Gasteiger partial charge is 0.458 e. The van der Waals surface area contributed by atoms with Gasteiger partial charge in [0.1, 0.15) is 0 Å². The molecule has 212 valence electrons. The summed E-state index contributed by atoms with van der Waals surface area (Å²) in [7, 11) is 0. The quantitative estimate of drug-likeness (QED) is 0.214. The predicted octanol–water partition coefficient (Wildman–Crippen LogP) is 3.54. The Balaban J connectivity index is 3.53. The van der Waals surface area contributed by atoms with E-state index in [0.717, 1.165) is 0 Å². The lowest BCUT2D eigenvalue weighted by molar-refractivity contribution is -0.339. The lowest BCUT2D eigenvalue weighted by atomic mass is 9.95. The van der Waals surface area contributed by atoms with Crippen molar-refractivity contribution in [2.45, 2.75) is 123 Å². The summed E-state index contributed by atoms with van der Waals surface area (Å²) in [6.07, 6.45) is -1.36. The highest BCUT2D eigenvalue weighted by molar-refractivity contribution is 5.73. The van der Waals surface area contributed by atoms with Crippen LogP contribution in [0.25, 0.3) is 0 Å². The smallest absolute Gasteiger partial charge is 0.308 e. The fraction of sp³-hybridized carbons (Fsp3) is 0.808. The minimum atomic E-state index is -2.11. The van der Waals surface area contributed by atoms with Gasteiger partial charge in [-0.1, -0.05) is 34.6 Å². The molecule has 1 saturated heterocycles. The number of hydrogen-bond donors (Lipinski definition) is 0. The fourth-order valence-corrected chi connectivity index (χ4v) is 3.64. The van der Waals surface area contributed by atoms with Crippen LogP contribution in [-0.2, 0) is 52.4 Å². The molecule has 1 rings (SSSR count). The SMILES string of the molecule is CCCC(=O)OCC1(OC(=O)CCC)OC[C@@H](OC(=O)CCC)[C@H](OC(=O)CCC)[C@@H]1OC(=O)CCC. The van der Waals surface area contributed by atoms with E-state index < -0.39 is 60.6 Å². The third kappa shape index (κ3) is 10.7. The maximum atomic E-state index is 12.7. The molecule has 37 heavy (non-hydrogen) atoms. The van der Waals surface area contributed by atoms with E-state index in [9.17, 15) is 24.0 Å². The molecule has 0 bridgehead atoms. The van der Waals surface area contributed by atoms with Crippen LogP contribution in [0.15, 0.2) is 0 Å². The number of rotatable bonds is 16. The third-order valence-electron chi connectivity index (χ3n) is 5.39. The monoisotopic (exact) mass is 530 g/mol. The Labute approximate surface area is 218 Å². The fourth-order valence-electron chi connectivity index (χ4n) is 3.64. The van der Waals surface area contributed by atoms with E-state index >= 15 is 0 Å². The van der Waals surface area contributed by atoms with Gasteiger partial charge in [-0.15, -0.1) is 0 Å². The maximum absolute atomic E-state index is 12.7. The van der Waals surface area contributed by atoms with Gasteiger partial charge in [0.2, 0.25) is 6.10 Å². The predicted molar refractivity (Wildman–Crippen MR) is 130 cm³/mol. The summed E-state index contributed by atoms with van der Waals surface area (Å²) >= 11 is 0. The van der Waals surface area contributed by atoms with E-state index in [2.05, 4.69) is 0 Å². The van der Waals surface area contributed by atoms with Crippen molar-refractivity contribution in [1.29, 1.82) is 0 Å². The van der Waals surface area contributed by atoms with Crippen LogP contribution in [0.1, 0.15) is 98.8 Å². The molecule has 1 aliphatic rings. The third-order valence-corrected chi connectivity index (χ3v) is 5.39. The van der Waals surface area contributed by atoms with Crippen molar-refractivity contribution >= 4 is 29.8 Å². The first-order chi connectivity index (χ1) is 17.7. The zero-order valence-electron chi connectivity index (χ0n) is 22.7. The summed E-state index contributed by atoms with van der Waals surface area (Å²) in [5.41, 5.74) is 0. The van der Waals surface area contributed by atoms with Crippen molar-refractivity contribution in [2.75, 3.05) is 13.2 Å². The summed E-state index contributed by atoms with van der Waals surface area (Å²) in [5, 5.41) is 0. The number of hydrogen-bond acceptors (Lipinski definition) is 11. The topological polar surface area (TPSA) is 141 Å². The molecule has 0 aromatic carbocycles. The molecule has 0 saturated carbocycles. The summed E-state index contributed by atoms with van der Waals surface area (Å²) in [6, 6.07) is 0. The number of ether oxygens (including phenoxy) is 6. The molecular weight excluding hydrogens is 488 g/mol. The van der Waals surface area contributed by atoms with E-state index in [1.165, 1.54) is 0 Å². The zero-order valence-corrected chi connectivity index (χ0v) is 22.7. The molecule has 0 aromatic rings. The van der Waals surface area contributed by atoms with Crippen molar-refractivity contribution in [3.05, 3.63) is 0 Å². The zero-order chi connectivity index (χ0) is 27.8. The maximum Gasteiger partial charge on any atom is 0.308 e. The van der Waals surface area contributed by atoms with Gasteiger partial charge in [-0.3, -0.25) is 24.0 Å². The van der Waals surface area contributed by atoms with Crippen LogP contribution < -0.4 is 0 Å². The molecule has 1 heterocycles. The van der Waals surface area contributed by atoms with E-state index in [0.29, 0.717) is 32.1 Å². The highest BCUT2D eigenvalue weighted by Crippen LogP contribution is 2.35. The lowest BCUT2D eigenvalue weighted by Gasteiger charge is -2.46. The van der Waals surface area contributed by atoms with Crippen molar-refractivity contribution in [3.63, 3.8) is 0 Å². The van der Waals surface area contributed by atoms with E-state index in [-0.39, 0.29) is 38.7 Å². The average molecular weight is 531 g/mol. The van der Waals surface area contributed by atoms with Crippen LogP contribution in [0.5, 0.6) is 0 Å². The minimum absolute atomic E-state index is 0.0127. The van der Waals surface area contributed by atoms with Gasteiger partial charge >= 0.3 is 29.8 Å². The second-order valence-electron chi connectivity index (χ2n) is 8.90. The summed E-state index contributed by atoms with van der Waals surface area (Å²) < 4.78 is 33.8. The van der Waals surface area contributed by atoms with Crippen LogP contribution in [0.4, 0.5) is 0 Å². The van der Waals surface area contributed by atoms with Gasteiger partial charge in [0.15, 0.2) is 18.8 Å². The normalized spacial score (nSPS) is 23.0. The summed E-state index contributed by atoms with van der Waals surface area (Å²) in [4.78, 5) is 62.4. The molecule has 1 fully saturated rings. The molecule has 0 radical (unpaired) electrons. The number of carbonyl (C=O) groups is 5. The van der Waals surface area contributed by atoms with Crippen LogP contribution in [0, 0.1) is 0 Å². The molecule has 0 amide bonds. The molecule has 11 heteroatoms. The second kappa shape index (κ2) is 16.9. The van der Waals surface area contributed by atoms with Crippen LogP contribution >= 0.6 is 0 Å². The molecule has 4 atom stereocenters. The van der Waals surface area contributed by atoms with Crippen molar-refractivity contribution in [1.82, 2.24) is 0 Å². The minimum Gasteiger partial charge on any atom is -0.458 e. The van der Waals surface area contributed by atoms with Crippen LogP contribution in [0.3, 0.4) is 0 Å². The first-order valence-electron chi connectivity index (χ1n) is 13.3. The Kier molecular flexibility index (Phi) is 14.8. The molecule has 0 spiro atoms. The molecule has 11 nitrogen and oxygen atoms in total. The molecule has 0 aromatic heterocycles. The van der Waals surface area contributed by atoms with E-state index in [1.807, 2.05) is 0 Å². The molecule has 1 aliphatic heterocycles. The Morgan fingerprint density at radius 1 is 0.649 bits per heavy atom. The van der Waals surface area contributed by atoms with Crippen molar-refractivity contribution < 1.29 is 52.4 Å². The highest BCUT2D eigenvalue weighted by atomic mass is 16.8. The van der Waals surface area contributed by atoms with Crippen molar-refractivity contribution in [2.24, 2.45) is 0 Å². The molecular formula is C26H42O11. The first-order valence-corrected chi connectivity index (χ1v) is 13.3. The van der Waals surface area contributed by atoms with Gasteiger partial charge < -0.3 is 28.4 Å². The van der Waals surface area contributed by atoms with Gasteiger partial charge in [0.05, 0.1) is 6.61 Å².